The number of aromatic nitrogens is 1. The monoisotopic (exact) mass is 768 g/mol. The molecule has 0 radical (unpaired) electrons. The molecule has 7 nitrogen and oxygen atoms in total. The van der Waals surface area contributed by atoms with Crippen molar-refractivity contribution in [1.82, 2.24) is 10.3 Å². The van der Waals surface area contributed by atoms with Gasteiger partial charge in [0, 0.05) is 47.7 Å². The van der Waals surface area contributed by atoms with Gasteiger partial charge in [-0.15, -0.1) is 23.1 Å². The summed E-state index contributed by atoms with van der Waals surface area (Å²) in [5, 5.41) is 11.5. The van der Waals surface area contributed by atoms with Crippen molar-refractivity contribution in [3.8, 4) is 11.3 Å². The first-order valence-corrected chi connectivity index (χ1v) is 18.3. The maximum atomic E-state index is 13.7. The van der Waals surface area contributed by atoms with Gasteiger partial charge in [-0.3, -0.25) is 14.4 Å². The number of carbonyl (C=O) groups excluding carboxylic acids is 3. The Morgan fingerprint density at radius 2 is 1.37 bits per heavy atom. The van der Waals surface area contributed by atoms with Gasteiger partial charge in [-0.1, -0.05) is 102 Å². The number of hydrogen-bond donors (Lipinski definition) is 3. The summed E-state index contributed by atoms with van der Waals surface area (Å²) in [4.78, 5) is 45.7. The van der Waals surface area contributed by atoms with Crippen LogP contribution in [-0.4, -0.2) is 22.7 Å². The van der Waals surface area contributed by atoms with E-state index in [2.05, 4.69) is 20.9 Å². The average molecular weight is 770 g/mol. The molecule has 0 fully saturated rings. The second-order valence-corrected chi connectivity index (χ2v) is 14.2. The minimum absolute atomic E-state index is 0.0560. The van der Waals surface area contributed by atoms with Gasteiger partial charge in [0.1, 0.15) is 10.9 Å². The lowest BCUT2D eigenvalue weighted by Gasteiger charge is -2.17. The van der Waals surface area contributed by atoms with Crippen LogP contribution in [0, 0.1) is 0 Å². The number of nitrogens with one attached hydrogen (secondary N) is 3. The topological polar surface area (TPSA) is 100 Å². The van der Waals surface area contributed by atoms with Gasteiger partial charge in [-0.05, 0) is 72.3 Å². The summed E-state index contributed by atoms with van der Waals surface area (Å²) in [5.41, 5.74) is 3.61. The molecule has 3 amide bonds. The van der Waals surface area contributed by atoms with Gasteiger partial charge in [-0.2, -0.15) is 0 Å². The highest BCUT2D eigenvalue weighted by atomic mass is 35.5. The lowest BCUT2D eigenvalue weighted by atomic mass is 10.1. The first-order valence-electron chi connectivity index (χ1n) is 15.4. The van der Waals surface area contributed by atoms with E-state index in [1.807, 2.05) is 60.0 Å². The summed E-state index contributed by atoms with van der Waals surface area (Å²) in [6.07, 6.45) is 1.44. The van der Waals surface area contributed by atoms with Crippen LogP contribution in [0.2, 0.25) is 15.1 Å². The summed E-state index contributed by atoms with van der Waals surface area (Å²) in [6.45, 7) is 0. The molecule has 0 saturated heterocycles. The normalized spacial score (nSPS) is 11.8. The van der Waals surface area contributed by atoms with Crippen molar-refractivity contribution in [2.24, 2.45) is 0 Å². The zero-order valence-electron chi connectivity index (χ0n) is 26.5. The molecule has 0 saturated carbocycles. The molecule has 1 atom stereocenters. The van der Waals surface area contributed by atoms with Gasteiger partial charge < -0.3 is 16.0 Å². The van der Waals surface area contributed by atoms with Crippen molar-refractivity contribution in [3.63, 3.8) is 0 Å². The lowest BCUT2D eigenvalue weighted by Crippen LogP contribution is -2.30. The third-order valence-electron chi connectivity index (χ3n) is 7.40. The molecule has 5 aromatic carbocycles. The van der Waals surface area contributed by atoms with Gasteiger partial charge in [0.15, 0.2) is 5.13 Å². The lowest BCUT2D eigenvalue weighted by molar-refractivity contribution is -0.116. The van der Waals surface area contributed by atoms with E-state index < -0.39 is 17.1 Å². The van der Waals surface area contributed by atoms with Crippen LogP contribution in [0.25, 0.3) is 17.3 Å². The predicted molar refractivity (Wildman–Crippen MR) is 210 cm³/mol. The third kappa shape index (κ3) is 9.46. The first kappa shape index (κ1) is 35.9. The Bertz CT molecular complexity index is 2180. The van der Waals surface area contributed by atoms with Crippen molar-refractivity contribution in [2.75, 3.05) is 10.6 Å². The summed E-state index contributed by atoms with van der Waals surface area (Å²) < 4.78 is 0. The zero-order valence-corrected chi connectivity index (χ0v) is 30.4. The van der Waals surface area contributed by atoms with Crippen LogP contribution in [0.5, 0.6) is 0 Å². The number of carbonyl (C=O) groups is 3. The zero-order chi connectivity index (χ0) is 35.7. The van der Waals surface area contributed by atoms with Gasteiger partial charge >= 0.3 is 0 Å². The SMILES string of the molecule is O=C(Nc1ccc(SC(C(=O)Nc2nc(-c3ccc(Cl)cc3)cs2)c2ccccc2)cc1)/C(=C/c1c(Cl)cccc1Cl)NC(=O)c1ccccc1. The van der Waals surface area contributed by atoms with Crippen LogP contribution in [0.4, 0.5) is 10.8 Å². The molecule has 1 heterocycles. The number of anilines is 2. The Balaban J connectivity index is 1.18. The molecule has 0 aliphatic rings. The highest BCUT2D eigenvalue weighted by Gasteiger charge is 2.24. The summed E-state index contributed by atoms with van der Waals surface area (Å²) in [5.74, 6) is -1.29. The fourth-order valence-electron chi connectivity index (χ4n) is 4.84. The minimum atomic E-state index is -0.599. The molecule has 51 heavy (non-hydrogen) atoms. The molecular weight excluding hydrogens is 743 g/mol. The van der Waals surface area contributed by atoms with Crippen molar-refractivity contribution in [2.45, 2.75) is 10.1 Å². The molecule has 12 heteroatoms. The number of amides is 3. The maximum absolute atomic E-state index is 13.7. The van der Waals surface area contributed by atoms with Crippen LogP contribution in [0.15, 0.2) is 143 Å². The highest BCUT2D eigenvalue weighted by molar-refractivity contribution is 8.00. The van der Waals surface area contributed by atoms with Crippen LogP contribution in [0.3, 0.4) is 0 Å². The molecule has 3 N–H and O–H groups in total. The van der Waals surface area contributed by atoms with Gasteiger partial charge in [0.2, 0.25) is 5.91 Å². The van der Waals surface area contributed by atoms with Crippen LogP contribution in [0.1, 0.15) is 26.7 Å². The van der Waals surface area contributed by atoms with Gasteiger partial charge in [0.25, 0.3) is 11.8 Å². The standard InChI is InChI=1S/C39H27Cl3N4O3S2/c40-27-16-14-24(15-17-27)34-23-50-39(45-34)46-38(49)35(25-8-3-1-4-9-25)51-29-20-18-28(19-21-29)43-37(48)33(22-30-31(41)12-7-13-32(30)42)44-36(47)26-10-5-2-6-11-26/h1-23,35H,(H,43,48)(H,44,47)(H,45,46,49)/b33-22-. The number of benzene rings is 5. The van der Waals surface area contributed by atoms with Crippen LogP contribution < -0.4 is 16.0 Å². The number of halogens is 3. The number of nitrogens with zero attached hydrogens (tertiary/aromatic N) is 1. The number of thiazole rings is 1. The molecule has 254 valence electrons. The highest BCUT2D eigenvalue weighted by Crippen LogP contribution is 2.37. The average Bonchev–Trinajstić information content (AvgIpc) is 3.61. The smallest absolute Gasteiger partial charge is 0.272 e. The molecule has 1 unspecified atom stereocenters. The van der Waals surface area contributed by atoms with Gasteiger partial charge in [-0.25, -0.2) is 4.98 Å². The fraction of sp³-hybridized carbons (Fsp3) is 0.0256. The molecule has 6 aromatic rings. The van der Waals surface area contributed by atoms with E-state index in [9.17, 15) is 14.4 Å². The Labute approximate surface area is 317 Å². The van der Waals surface area contributed by atoms with E-state index in [0.29, 0.717) is 37.0 Å². The van der Waals surface area contributed by atoms with Crippen molar-refractivity contribution in [1.29, 1.82) is 0 Å². The van der Waals surface area contributed by atoms with E-state index in [1.165, 1.54) is 29.2 Å². The largest absolute Gasteiger partial charge is 0.321 e. The number of rotatable bonds is 11. The Kier molecular flexibility index (Phi) is 11.9. The van der Waals surface area contributed by atoms with Crippen LogP contribution >= 0.6 is 57.9 Å². The number of hydrogen-bond acceptors (Lipinski definition) is 6. The van der Waals surface area contributed by atoms with Crippen molar-refractivity contribution in [3.05, 3.63) is 170 Å². The maximum Gasteiger partial charge on any atom is 0.272 e. The Morgan fingerprint density at radius 3 is 2.04 bits per heavy atom. The molecule has 0 aliphatic carbocycles. The quantitative estimate of drug-likeness (QED) is 0.0900. The molecular formula is C39H27Cl3N4O3S2. The second-order valence-electron chi connectivity index (χ2n) is 10.9. The molecule has 0 spiro atoms. The van der Waals surface area contributed by atoms with Crippen molar-refractivity contribution < 1.29 is 14.4 Å². The summed E-state index contributed by atoms with van der Waals surface area (Å²) in [7, 11) is 0. The first-order chi connectivity index (χ1) is 24.7. The fourth-order valence-corrected chi connectivity index (χ4v) is 7.22. The van der Waals surface area contributed by atoms with E-state index >= 15 is 0 Å². The van der Waals surface area contributed by atoms with E-state index in [-0.39, 0.29) is 11.6 Å². The molecule has 1 aromatic heterocycles. The Hall–Kier alpha value is -4.90. The van der Waals surface area contributed by atoms with Gasteiger partial charge in [0.05, 0.1) is 5.69 Å². The summed E-state index contributed by atoms with van der Waals surface area (Å²) in [6, 6.07) is 37.4. The second kappa shape index (κ2) is 16.9. The third-order valence-corrected chi connectivity index (χ3v) is 10.3. The van der Waals surface area contributed by atoms with E-state index in [1.54, 1.807) is 72.8 Å². The Morgan fingerprint density at radius 1 is 0.725 bits per heavy atom. The molecule has 0 bridgehead atoms. The predicted octanol–water partition coefficient (Wildman–Crippen LogP) is 10.7. The van der Waals surface area contributed by atoms with E-state index in [0.717, 1.165) is 21.7 Å². The number of thioether (sulfide) groups is 1. The molecule has 6 rings (SSSR count). The van der Waals surface area contributed by atoms with Crippen LogP contribution in [-0.2, 0) is 9.59 Å². The molecule has 0 aliphatic heterocycles. The van der Waals surface area contributed by atoms with Crippen molar-refractivity contribution >= 4 is 92.5 Å². The minimum Gasteiger partial charge on any atom is -0.321 e. The summed E-state index contributed by atoms with van der Waals surface area (Å²) >= 11 is 21.5. The van der Waals surface area contributed by atoms with E-state index in [4.69, 9.17) is 34.8 Å².